The van der Waals surface area contributed by atoms with Crippen LogP contribution in [0.4, 0.5) is 8.78 Å². The average Bonchev–Trinajstić information content (AvgIpc) is 3.84. The van der Waals surface area contributed by atoms with E-state index in [2.05, 4.69) is 132 Å². The van der Waals surface area contributed by atoms with Gasteiger partial charge in [-0.15, -0.1) is 67.1 Å². The summed E-state index contributed by atoms with van der Waals surface area (Å²) in [4.78, 5) is 0. The molecule has 0 N–H and O–H groups in total. The van der Waals surface area contributed by atoms with Gasteiger partial charge < -0.3 is 0 Å². The van der Waals surface area contributed by atoms with E-state index in [4.69, 9.17) is 0 Å². The van der Waals surface area contributed by atoms with Crippen molar-refractivity contribution >= 4 is 41.2 Å². The first-order chi connectivity index (χ1) is 22.7. The van der Waals surface area contributed by atoms with Crippen LogP contribution in [0.25, 0.3) is 23.3 Å². The van der Waals surface area contributed by atoms with E-state index in [1.807, 2.05) is 0 Å². The molecule has 0 bridgehead atoms. The molecule has 0 saturated heterocycles. The molecule has 0 saturated carbocycles. The summed E-state index contributed by atoms with van der Waals surface area (Å²) in [7, 11) is 0. The summed E-state index contributed by atoms with van der Waals surface area (Å²) in [6.45, 7) is 15.8. The Bertz CT molecular complexity index is 1730. The molecule has 0 aromatic heterocycles. The number of halogens is 4. The van der Waals surface area contributed by atoms with E-state index in [0.29, 0.717) is 5.41 Å². The number of hydrogen-bond acceptors (Lipinski definition) is 0. The fourth-order valence-corrected chi connectivity index (χ4v) is 6.06. The van der Waals surface area contributed by atoms with Crippen LogP contribution in [0.5, 0.6) is 0 Å². The van der Waals surface area contributed by atoms with Gasteiger partial charge in [-0.2, -0.15) is 53.6 Å². The summed E-state index contributed by atoms with van der Waals surface area (Å²) in [6, 6.07) is 26.7. The quantitative estimate of drug-likeness (QED) is 0.137. The fourth-order valence-electron chi connectivity index (χ4n) is 6.06. The molecular weight excluding hydrogens is 741 g/mol. The Morgan fingerprint density at radius 2 is 1.30 bits per heavy atom. The number of benzene rings is 4. The van der Waals surface area contributed by atoms with Gasteiger partial charge in [0.2, 0.25) is 0 Å². The van der Waals surface area contributed by atoms with Gasteiger partial charge in [0.05, 0.1) is 0 Å². The van der Waals surface area contributed by atoms with Crippen LogP contribution in [-0.4, -0.2) is 4.21 Å². The Hall–Kier alpha value is -2.97. The molecule has 0 atom stereocenters. The predicted molar refractivity (Wildman–Crippen MR) is 210 cm³/mol. The van der Waals surface area contributed by atoms with Crippen molar-refractivity contribution in [3.63, 3.8) is 0 Å². The van der Waals surface area contributed by atoms with Crippen molar-refractivity contribution in [3.05, 3.63) is 166 Å². The fraction of sp³-hybridized carbons (Fsp3) is 0.267. The van der Waals surface area contributed by atoms with Crippen molar-refractivity contribution in [2.75, 3.05) is 0 Å². The van der Waals surface area contributed by atoms with E-state index in [1.165, 1.54) is 98.6 Å². The van der Waals surface area contributed by atoms with Crippen LogP contribution < -0.4 is 0 Å². The molecule has 0 heterocycles. The van der Waals surface area contributed by atoms with Crippen LogP contribution in [0.1, 0.15) is 88.3 Å². The number of rotatable bonds is 0. The molecule has 0 nitrogen and oxygen atoms in total. The molecule has 4 aliphatic carbocycles. The molecule has 8 rings (SSSR count). The maximum atomic E-state index is 11.9. The minimum absolute atomic E-state index is 0. The summed E-state index contributed by atoms with van der Waals surface area (Å²) < 4.78 is 27.1. The molecule has 0 aliphatic heterocycles. The molecule has 0 amide bonds. The molecular formula is C45H46Cl2F2Zr-4. The van der Waals surface area contributed by atoms with Crippen molar-refractivity contribution in [3.8, 4) is 11.1 Å². The van der Waals surface area contributed by atoms with E-state index < -0.39 is 0 Å². The average molecular weight is 787 g/mol. The van der Waals surface area contributed by atoms with Crippen molar-refractivity contribution in [2.45, 2.75) is 72.1 Å². The molecule has 4 aromatic carbocycles. The van der Waals surface area contributed by atoms with Gasteiger partial charge in [0, 0.05) is 17.0 Å². The van der Waals surface area contributed by atoms with E-state index in [9.17, 15) is 8.78 Å². The van der Waals surface area contributed by atoms with Crippen LogP contribution in [0, 0.1) is 41.3 Å². The van der Waals surface area contributed by atoms with Crippen molar-refractivity contribution in [1.82, 2.24) is 0 Å². The summed E-state index contributed by atoms with van der Waals surface area (Å²) in [5.41, 5.74) is 13.4. The van der Waals surface area contributed by atoms with Gasteiger partial charge in [0.1, 0.15) is 0 Å². The molecule has 0 spiro atoms. The number of fused-ring (bicyclic) bond motifs is 5. The van der Waals surface area contributed by atoms with Crippen molar-refractivity contribution in [1.29, 1.82) is 0 Å². The van der Waals surface area contributed by atoms with Crippen molar-refractivity contribution < 1.29 is 33.0 Å². The van der Waals surface area contributed by atoms with Gasteiger partial charge in [-0.25, -0.2) is 12.2 Å². The SMILES string of the molecule is CC(C)(C)C1=CC[C-]=C1.CC1(C)[C-]=Cc2cc3c(cc21)Cc1cc2c(cc1-3)C=CC2(C)C.Cl.Cl.Fc1c[c-]ccc1.Fc1c[c-]ccc1.[CH2]=[Zr]. The Labute approximate surface area is 326 Å². The summed E-state index contributed by atoms with van der Waals surface area (Å²) >= 11 is 1.30. The number of hydrogen-bond donors (Lipinski definition) is 0. The summed E-state index contributed by atoms with van der Waals surface area (Å²) in [5, 5.41) is 0. The topological polar surface area (TPSA) is 0 Å². The van der Waals surface area contributed by atoms with Crippen LogP contribution >= 0.6 is 24.8 Å². The second-order valence-corrected chi connectivity index (χ2v) is 14.2. The Morgan fingerprint density at radius 3 is 1.72 bits per heavy atom. The molecule has 5 heteroatoms. The zero-order chi connectivity index (χ0) is 35.1. The van der Waals surface area contributed by atoms with Crippen LogP contribution in [0.2, 0.25) is 0 Å². The van der Waals surface area contributed by atoms with Gasteiger partial charge >= 0.3 is 28.4 Å². The molecule has 4 aromatic rings. The Kier molecular flexibility index (Phi) is 16.0. The third kappa shape index (κ3) is 10.8. The molecule has 50 heavy (non-hydrogen) atoms. The standard InChI is InChI=1S/C23H21.C9H13.2C6H4F.CH2.2ClH.Zr/c1-22(2)7-5-14-10-18-16(12-20(14)22)9-17-13-21-15(11-19(17)18)6-8-23(21,3)4;1-9(2,3)8-6-4-5-7-8;2*7-6-4-2-1-3-5-6;;;;/h5-7,10-13H,9H2,1-4H3;6-7H,4H2,1-3H3;2*1-2,4-5H;1H2;2*1H;/q4*-1;;;;. The van der Waals surface area contributed by atoms with E-state index >= 15 is 0 Å². The van der Waals surface area contributed by atoms with Gasteiger partial charge in [0.15, 0.2) is 0 Å². The molecule has 4 aliphatic rings. The van der Waals surface area contributed by atoms with E-state index in [-0.39, 0.29) is 47.3 Å². The molecule has 262 valence electrons. The van der Waals surface area contributed by atoms with Crippen LogP contribution in [0.15, 0.2) is 96.6 Å². The second-order valence-electron chi connectivity index (χ2n) is 14.2. The Balaban J connectivity index is 0.000000266. The molecule has 0 radical (unpaired) electrons. The van der Waals surface area contributed by atoms with Crippen LogP contribution in [0.3, 0.4) is 0 Å². The first-order valence-electron chi connectivity index (χ1n) is 16.3. The predicted octanol–water partition coefficient (Wildman–Crippen LogP) is 12.5. The third-order valence-corrected chi connectivity index (χ3v) is 8.76. The number of allylic oxidation sites excluding steroid dienone is 6. The minimum atomic E-state index is -0.234. The zero-order valence-electron chi connectivity index (χ0n) is 30.0. The molecule has 0 fully saturated rings. The summed E-state index contributed by atoms with van der Waals surface area (Å²) in [6.07, 6.45) is 19.9. The van der Waals surface area contributed by atoms with Gasteiger partial charge in [-0.05, 0) is 45.9 Å². The zero-order valence-corrected chi connectivity index (χ0v) is 34.1. The Morgan fingerprint density at radius 1 is 0.760 bits per heavy atom. The monoisotopic (exact) mass is 784 g/mol. The van der Waals surface area contributed by atoms with Crippen LogP contribution in [-0.2, 0) is 41.5 Å². The van der Waals surface area contributed by atoms with Crippen molar-refractivity contribution in [2.24, 2.45) is 5.41 Å². The summed E-state index contributed by atoms with van der Waals surface area (Å²) in [5.74, 6) is -0.468. The first-order valence-corrected chi connectivity index (χ1v) is 18.0. The van der Waals surface area contributed by atoms with E-state index in [0.717, 1.165) is 12.8 Å². The molecule has 0 unspecified atom stereocenters. The van der Waals surface area contributed by atoms with Gasteiger partial charge in [-0.1, -0.05) is 83.6 Å². The van der Waals surface area contributed by atoms with Gasteiger partial charge in [-0.3, -0.25) is 20.9 Å². The van der Waals surface area contributed by atoms with E-state index in [1.54, 1.807) is 24.3 Å². The third-order valence-electron chi connectivity index (χ3n) is 8.76. The normalized spacial score (nSPS) is 15.2. The second kappa shape index (κ2) is 18.5. The van der Waals surface area contributed by atoms with Gasteiger partial charge in [0.25, 0.3) is 0 Å². The first kappa shape index (κ1) is 43.2. The maximum absolute atomic E-state index is 11.9.